The normalized spacial score (nSPS) is 15.4. The van der Waals surface area contributed by atoms with E-state index >= 15 is 0 Å². The molecule has 0 spiro atoms. The van der Waals surface area contributed by atoms with Gasteiger partial charge in [0.25, 0.3) is 0 Å². The number of halogens is 1. The van der Waals surface area contributed by atoms with E-state index in [9.17, 15) is 14.0 Å². The van der Waals surface area contributed by atoms with Crippen molar-refractivity contribution in [3.05, 3.63) is 54.3 Å². The van der Waals surface area contributed by atoms with Gasteiger partial charge in [-0.25, -0.2) is 4.39 Å². The second-order valence-corrected chi connectivity index (χ2v) is 9.35. The summed E-state index contributed by atoms with van der Waals surface area (Å²) in [6.45, 7) is 5.13. The van der Waals surface area contributed by atoms with Gasteiger partial charge in [0.1, 0.15) is 16.5 Å². The van der Waals surface area contributed by atoms with E-state index in [0.717, 1.165) is 16.3 Å². The van der Waals surface area contributed by atoms with Gasteiger partial charge in [0.05, 0.1) is 17.8 Å². The number of amides is 1. The lowest BCUT2D eigenvalue weighted by molar-refractivity contribution is -0.151. The van der Waals surface area contributed by atoms with Crippen LogP contribution in [0.3, 0.4) is 0 Å². The molecule has 0 aliphatic carbocycles. The maximum absolute atomic E-state index is 13.4. The Labute approximate surface area is 196 Å². The topological polar surface area (TPSA) is 72.4 Å². The SMILES string of the molecule is CCOC(=O)C1CCN(C(=O)C(C)Sc2nnc(-c3ccc(F)cc3)c3ccccc23)CC1. The molecule has 2 aromatic carbocycles. The van der Waals surface area contributed by atoms with Crippen molar-refractivity contribution >= 4 is 34.4 Å². The summed E-state index contributed by atoms with van der Waals surface area (Å²) in [5, 5.41) is 11.0. The molecule has 1 fully saturated rings. The highest BCUT2D eigenvalue weighted by atomic mass is 32.2. The number of benzene rings is 2. The molecule has 0 radical (unpaired) electrons. The van der Waals surface area contributed by atoms with E-state index in [0.29, 0.717) is 43.3 Å². The molecule has 1 atom stereocenters. The van der Waals surface area contributed by atoms with Crippen molar-refractivity contribution in [1.82, 2.24) is 15.1 Å². The van der Waals surface area contributed by atoms with E-state index in [1.54, 1.807) is 19.1 Å². The summed E-state index contributed by atoms with van der Waals surface area (Å²) >= 11 is 1.38. The molecule has 0 bridgehead atoms. The van der Waals surface area contributed by atoms with Crippen LogP contribution in [0.25, 0.3) is 22.0 Å². The largest absolute Gasteiger partial charge is 0.466 e. The van der Waals surface area contributed by atoms with Crippen LogP contribution in [-0.4, -0.2) is 51.9 Å². The Balaban J connectivity index is 1.49. The zero-order valence-electron chi connectivity index (χ0n) is 18.7. The Kier molecular flexibility index (Phi) is 7.23. The van der Waals surface area contributed by atoms with Gasteiger partial charge in [0.2, 0.25) is 5.91 Å². The second-order valence-electron chi connectivity index (χ2n) is 8.02. The quantitative estimate of drug-likeness (QED) is 0.386. The number of nitrogens with zero attached hydrogens (tertiary/aromatic N) is 3. The number of hydrogen-bond donors (Lipinski definition) is 0. The molecule has 1 amide bonds. The van der Waals surface area contributed by atoms with Crippen molar-refractivity contribution in [1.29, 1.82) is 0 Å². The number of aromatic nitrogens is 2. The van der Waals surface area contributed by atoms with Crippen LogP contribution in [0.1, 0.15) is 26.7 Å². The van der Waals surface area contributed by atoms with Crippen LogP contribution in [0.15, 0.2) is 53.6 Å². The highest BCUT2D eigenvalue weighted by molar-refractivity contribution is 8.00. The lowest BCUT2D eigenvalue weighted by Gasteiger charge is -2.32. The molecule has 1 unspecified atom stereocenters. The van der Waals surface area contributed by atoms with Crippen LogP contribution in [0.5, 0.6) is 0 Å². The van der Waals surface area contributed by atoms with E-state index in [-0.39, 0.29) is 28.9 Å². The van der Waals surface area contributed by atoms with Gasteiger partial charge in [-0.2, -0.15) is 0 Å². The van der Waals surface area contributed by atoms with E-state index < -0.39 is 0 Å². The summed E-state index contributed by atoms with van der Waals surface area (Å²) in [5.74, 6) is -0.585. The second kappa shape index (κ2) is 10.3. The maximum atomic E-state index is 13.4. The standard InChI is InChI=1S/C25H26FN3O3S/c1-3-32-25(31)18-12-14-29(15-13-18)24(30)16(2)33-23-21-7-5-4-6-20(21)22(27-28-23)17-8-10-19(26)11-9-17/h4-11,16,18H,3,12-15H2,1-2H3. The summed E-state index contributed by atoms with van der Waals surface area (Å²) < 4.78 is 18.5. The van der Waals surface area contributed by atoms with Crippen molar-refractivity contribution in [3.63, 3.8) is 0 Å². The van der Waals surface area contributed by atoms with Crippen LogP contribution in [0, 0.1) is 11.7 Å². The van der Waals surface area contributed by atoms with Gasteiger partial charge in [-0.1, -0.05) is 36.0 Å². The van der Waals surface area contributed by atoms with Crippen LogP contribution in [0.2, 0.25) is 0 Å². The number of esters is 1. The van der Waals surface area contributed by atoms with Crippen molar-refractivity contribution in [2.24, 2.45) is 5.92 Å². The molecule has 4 rings (SSSR count). The van der Waals surface area contributed by atoms with E-state index in [2.05, 4.69) is 10.2 Å². The number of piperidine rings is 1. The number of fused-ring (bicyclic) bond motifs is 1. The zero-order chi connectivity index (χ0) is 23.4. The smallest absolute Gasteiger partial charge is 0.309 e. The Bertz CT molecular complexity index is 1150. The zero-order valence-corrected chi connectivity index (χ0v) is 19.5. The molecular formula is C25H26FN3O3S. The predicted molar refractivity (Wildman–Crippen MR) is 126 cm³/mol. The lowest BCUT2D eigenvalue weighted by atomic mass is 9.97. The Hall–Kier alpha value is -3.00. The van der Waals surface area contributed by atoms with Crippen molar-refractivity contribution in [3.8, 4) is 11.3 Å². The summed E-state index contributed by atoms with van der Waals surface area (Å²) in [7, 11) is 0. The van der Waals surface area contributed by atoms with Crippen molar-refractivity contribution in [2.75, 3.05) is 19.7 Å². The molecule has 1 saturated heterocycles. The summed E-state index contributed by atoms with van der Waals surface area (Å²) in [4.78, 5) is 26.8. The molecule has 1 aliphatic heterocycles. The number of carbonyl (C=O) groups excluding carboxylic acids is 2. The maximum Gasteiger partial charge on any atom is 0.309 e. The number of carbonyl (C=O) groups is 2. The fourth-order valence-corrected chi connectivity index (χ4v) is 5.04. The molecule has 6 nitrogen and oxygen atoms in total. The minimum atomic E-state index is -0.349. The third-order valence-corrected chi connectivity index (χ3v) is 6.91. The van der Waals surface area contributed by atoms with Crippen molar-refractivity contribution in [2.45, 2.75) is 37.0 Å². The number of rotatable bonds is 6. The summed E-state index contributed by atoms with van der Waals surface area (Å²) in [6.07, 6.45) is 1.24. The fraction of sp³-hybridized carbons (Fsp3) is 0.360. The number of ether oxygens (including phenoxy) is 1. The molecule has 1 aliphatic rings. The first-order chi connectivity index (χ1) is 16.0. The molecule has 3 aromatic rings. The molecule has 0 saturated carbocycles. The third kappa shape index (κ3) is 5.16. The third-order valence-electron chi connectivity index (χ3n) is 5.83. The highest BCUT2D eigenvalue weighted by Gasteiger charge is 2.30. The molecule has 33 heavy (non-hydrogen) atoms. The number of thioether (sulfide) groups is 1. The van der Waals surface area contributed by atoms with Gasteiger partial charge >= 0.3 is 5.97 Å². The minimum absolute atomic E-state index is 0.0239. The van der Waals surface area contributed by atoms with Gasteiger partial charge in [-0.05, 0) is 51.0 Å². The highest BCUT2D eigenvalue weighted by Crippen LogP contribution is 2.34. The molecule has 8 heteroatoms. The molecule has 2 heterocycles. The average molecular weight is 468 g/mol. The van der Waals surface area contributed by atoms with E-state index in [1.807, 2.05) is 36.1 Å². The number of likely N-dealkylation sites (tertiary alicyclic amines) is 1. The lowest BCUT2D eigenvalue weighted by Crippen LogP contribution is -2.43. The number of hydrogen-bond acceptors (Lipinski definition) is 6. The molecule has 0 N–H and O–H groups in total. The average Bonchev–Trinajstić information content (AvgIpc) is 2.84. The van der Waals surface area contributed by atoms with Crippen LogP contribution in [-0.2, 0) is 14.3 Å². The van der Waals surface area contributed by atoms with Gasteiger partial charge < -0.3 is 9.64 Å². The van der Waals surface area contributed by atoms with Gasteiger partial charge in [-0.15, -0.1) is 10.2 Å². The van der Waals surface area contributed by atoms with E-state index in [4.69, 9.17) is 4.74 Å². The van der Waals surface area contributed by atoms with Crippen molar-refractivity contribution < 1.29 is 18.7 Å². The first-order valence-electron chi connectivity index (χ1n) is 11.1. The molecular weight excluding hydrogens is 441 g/mol. The monoisotopic (exact) mass is 467 g/mol. The fourth-order valence-electron chi connectivity index (χ4n) is 4.06. The molecule has 172 valence electrons. The summed E-state index contributed by atoms with van der Waals surface area (Å²) in [5.41, 5.74) is 1.46. The van der Waals surface area contributed by atoms with Gasteiger partial charge in [0, 0.05) is 29.4 Å². The Morgan fingerprint density at radius 3 is 2.42 bits per heavy atom. The predicted octanol–water partition coefficient (Wildman–Crippen LogP) is 4.72. The first-order valence-corrected chi connectivity index (χ1v) is 12.0. The summed E-state index contributed by atoms with van der Waals surface area (Å²) in [6, 6.07) is 13.9. The van der Waals surface area contributed by atoms with Crippen LogP contribution < -0.4 is 0 Å². The Morgan fingerprint density at radius 2 is 1.76 bits per heavy atom. The minimum Gasteiger partial charge on any atom is -0.466 e. The molecule has 1 aromatic heterocycles. The Morgan fingerprint density at radius 1 is 1.09 bits per heavy atom. The van der Waals surface area contributed by atoms with Gasteiger partial charge in [0.15, 0.2) is 0 Å². The van der Waals surface area contributed by atoms with Crippen LogP contribution in [0.4, 0.5) is 4.39 Å². The van der Waals surface area contributed by atoms with Gasteiger partial charge in [-0.3, -0.25) is 9.59 Å². The van der Waals surface area contributed by atoms with Crippen LogP contribution >= 0.6 is 11.8 Å². The first kappa shape index (κ1) is 23.2. The van der Waals surface area contributed by atoms with E-state index in [1.165, 1.54) is 23.9 Å².